The van der Waals surface area contributed by atoms with Gasteiger partial charge in [-0.05, 0) is 18.2 Å². The molecule has 0 spiro atoms. The van der Waals surface area contributed by atoms with E-state index in [4.69, 9.17) is 5.11 Å². The molecule has 2 aromatic rings. The maximum atomic E-state index is 10.3. The number of carboxylic acids is 1. The highest BCUT2D eigenvalue weighted by molar-refractivity contribution is 5.85. The van der Waals surface area contributed by atoms with Crippen molar-refractivity contribution in [3.63, 3.8) is 0 Å². The van der Waals surface area contributed by atoms with E-state index in [0.717, 1.165) is 17.1 Å². The van der Waals surface area contributed by atoms with Crippen LogP contribution in [0, 0.1) is 0 Å². The van der Waals surface area contributed by atoms with E-state index >= 15 is 0 Å². The van der Waals surface area contributed by atoms with Gasteiger partial charge >= 0.3 is 5.97 Å². The largest absolute Gasteiger partial charge is 0.478 e. The number of carboxylic acid groups (broad SMARTS) is 1. The predicted molar refractivity (Wildman–Crippen MR) is 52.8 cm³/mol. The Hall–Kier alpha value is -2.10. The van der Waals surface area contributed by atoms with Crippen LogP contribution in [0.15, 0.2) is 30.3 Å². The van der Waals surface area contributed by atoms with Crippen molar-refractivity contribution >= 4 is 23.1 Å². The van der Waals surface area contributed by atoms with Crippen molar-refractivity contribution < 1.29 is 9.90 Å². The molecule has 4 nitrogen and oxygen atoms in total. The van der Waals surface area contributed by atoms with Crippen molar-refractivity contribution in [3.05, 3.63) is 36.2 Å². The number of aliphatic carboxylic acids is 1. The molecule has 1 aromatic heterocycles. The van der Waals surface area contributed by atoms with Crippen molar-refractivity contribution in [2.75, 3.05) is 0 Å². The lowest BCUT2D eigenvalue weighted by molar-refractivity contribution is -0.131. The number of aromatic amines is 1. The fourth-order valence-electron chi connectivity index (χ4n) is 1.20. The van der Waals surface area contributed by atoms with Gasteiger partial charge in [-0.15, -0.1) is 0 Å². The summed E-state index contributed by atoms with van der Waals surface area (Å²) in [4.78, 5) is 17.4. The minimum absolute atomic E-state index is 0.550. The van der Waals surface area contributed by atoms with Gasteiger partial charge in [0.2, 0.25) is 0 Å². The topological polar surface area (TPSA) is 66.0 Å². The molecule has 0 aliphatic heterocycles. The normalized spacial score (nSPS) is 11.1. The monoisotopic (exact) mass is 188 g/mol. The average molecular weight is 188 g/mol. The molecule has 0 unspecified atom stereocenters. The zero-order valence-electron chi connectivity index (χ0n) is 7.27. The highest BCUT2D eigenvalue weighted by atomic mass is 16.4. The average Bonchev–Trinajstić information content (AvgIpc) is 2.57. The molecule has 0 amide bonds. The van der Waals surface area contributed by atoms with Crippen LogP contribution in [-0.2, 0) is 4.79 Å². The van der Waals surface area contributed by atoms with Crippen LogP contribution >= 0.6 is 0 Å². The van der Waals surface area contributed by atoms with E-state index in [9.17, 15) is 4.79 Å². The van der Waals surface area contributed by atoms with Crippen LogP contribution in [0.5, 0.6) is 0 Å². The second kappa shape index (κ2) is 3.33. The first-order valence-electron chi connectivity index (χ1n) is 4.11. The van der Waals surface area contributed by atoms with E-state index < -0.39 is 5.97 Å². The van der Waals surface area contributed by atoms with Crippen molar-refractivity contribution in [3.8, 4) is 0 Å². The van der Waals surface area contributed by atoms with Crippen molar-refractivity contribution in [2.45, 2.75) is 0 Å². The number of aromatic nitrogens is 2. The van der Waals surface area contributed by atoms with Crippen molar-refractivity contribution in [1.82, 2.24) is 9.97 Å². The fraction of sp³-hybridized carbons (Fsp3) is 0. The van der Waals surface area contributed by atoms with Crippen LogP contribution in [0.3, 0.4) is 0 Å². The number of rotatable bonds is 2. The molecule has 0 aliphatic rings. The van der Waals surface area contributed by atoms with Gasteiger partial charge in [-0.3, -0.25) is 0 Å². The lowest BCUT2D eigenvalue weighted by atomic mass is 10.3. The Morgan fingerprint density at radius 2 is 2.21 bits per heavy atom. The summed E-state index contributed by atoms with van der Waals surface area (Å²) in [5.41, 5.74) is 1.73. The van der Waals surface area contributed by atoms with Gasteiger partial charge in [-0.2, -0.15) is 0 Å². The number of benzene rings is 1. The van der Waals surface area contributed by atoms with Crippen LogP contribution in [-0.4, -0.2) is 21.0 Å². The predicted octanol–water partition coefficient (Wildman–Crippen LogP) is 1.66. The highest BCUT2D eigenvalue weighted by Crippen LogP contribution is 2.10. The lowest BCUT2D eigenvalue weighted by Crippen LogP contribution is -1.86. The van der Waals surface area contributed by atoms with Crippen LogP contribution in [0.1, 0.15) is 5.82 Å². The molecule has 70 valence electrons. The van der Waals surface area contributed by atoms with Crippen LogP contribution < -0.4 is 0 Å². The Balaban J connectivity index is 2.40. The number of para-hydroxylation sites is 2. The van der Waals surface area contributed by atoms with Gasteiger partial charge in [0.05, 0.1) is 11.0 Å². The van der Waals surface area contributed by atoms with Crippen LogP contribution in [0.25, 0.3) is 17.1 Å². The molecule has 14 heavy (non-hydrogen) atoms. The Morgan fingerprint density at radius 1 is 1.43 bits per heavy atom. The Bertz CT molecular complexity index is 467. The number of fused-ring (bicyclic) bond motifs is 1. The summed E-state index contributed by atoms with van der Waals surface area (Å²) in [5, 5.41) is 8.42. The van der Waals surface area contributed by atoms with Crippen LogP contribution in [0.4, 0.5) is 0 Å². The molecular formula is C10H8N2O2. The number of hydrogen-bond donors (Lipinski definition) is 2. The molecule has 0 fully saturated rings. The zero-order chi connectivity index (χ0) is 9.97. The fourth-order valence-corrected chi connectivity index (χ4v) is 1.20. The number of carbonyl (C=O) groups is 1. The van der Waals surface area contributed by atoms with Gasteiger partial charge in [0.25, 0.3) is 0 Å². The summed E-state index contributed by atoms with van der Waals surface area (Å²) in [6.07, 6.45) is 2.49. The molecule has 0 saturated heterocycles. The Labute approximate surface area is 79.9 Å². The smallest absolute Gasteiger partial charge is 0.328 e. The quantitative estimate of drug-likeness (QED) is 0.704. The standard InChI is InChI=1S/C10H8N2O2/c13-10(14)6-5-9-11-7-3-1-2-4-8(7)12-9/h1-6H,(H,11,12)(H,13,14). The molecule has 1 aromatic carbocycles. The second-order valence-electron chi connectivity index (χ2n) is 2.81. The maximum Gasteiger partial charge on any atom is 0.328 e. The van der Waals surface area contributed by atoms with Crippen molar-refractivity contribution in [2.24, 2.45) is 0 Å². The Morgan fingerprint density at radius 3 is 2.93 bits per heavy atom. The van der Waals surface area contributed by atoms with E-state index in [1.54, 1.807) is 0 Å². The minimum Gasteiger partial charge on any atom is -0.478 e. The van der Waals surface area contributed by atoms with Gasteiger partial charge in [0, 0.05) is 6.08 Å². The van der Waals surface area contributed by atoms with E-state index in [-0.39, 0.29) is 0 Å². The number of nitrogens with zero attached hydrogens (tertiary/aromatic N) is 1. The molecule has 2 N–H and O–H groups in total. The Kier molecular flexibility index (Phi) is 2.02. The maximum absolute atomic E-state index is 10.3. The summed E-state index contributed by atoms with van der Waals surface area (Å²) in [6.45, 7) is 0. The van der Waals surface area contributed by atoms with E-state index in [0.29, 0.717) is 5.82 Å². The van der Waals surface area contributed by atoms with Crippen LogP contribution in [0.2, 0.25) is 0 Å². The van der Waals surface area contributed by atoms with E-state index in [1.807, 2.05) is 24.3 Å². The number of imidazole rings is 1. The van der Waals surface area contributed by atoms with Gasteiger partial charge in [0.15, 0.2) is 0 Å². The molecule has 0 bridgehead atoms. The summed E-state index contributed by atoms with van der Waals surface area (Å²) in [6, 6.07) is 7.53. The SMILES string of the molecule is O=C(O)C=Cc1nc2ccccc2[nH]1. The van der Waals surface area contributed by atoms with Gasteiger partial charge in [0.1, 0.15) is 5.82 Å². The first-order chi connectivity index (χ1) is 6.75. The number of hydrogen-bond acceptors (Lipinski definition) is 2. The molecular weight excluding hydrogens is 180 g/mol. The van der Waals surface area contributed by atoms with Gasteiger partial charge in [-0.25, -0.2) is 9.78 Å². The number of nitrogens with one attached hydrogen (secondary N) is 1. The summed E-state index contributed by atoms with van der Waals surface area (Å²) in [5.74, 6) is -0.431. The van der Waals surface area contributed by atoms with Crippen molar-refractivity contribution in [1.29, 1.82) is 0 Å². The summed E-state index contributed by atoms with van der Waals surface area (Å²) < 4.78 is 0. The molecule has 0 aliphatic carbocycles. The zero-order valence-corrected chi connectivity index (χ0v) is 7.27. The third-order valence-electron chi connectivity index (χ3n) is 1.79. The van der Waals surface area contributed by atoms with E-state index in [2.05, 4.69) is 9.97 Å². The first-order valence-corrected chi connectivity index (χ1v) is 4.11. The molecule has 0 radical (unpaired) electrons. The molecule has 4 heteroatoms. The lowest BCUT2D eigenvalue weighted by Gasteiger charge is -1.81. The third-order valence-corrected chi connectivity index (χ3v) is 1.79. The number of H-pyrrole nitrogens is 1. The second-order valence-corrected chi connectivity index (χ2v) is 2.81. The first kappa shape index (κ1) is 8.50. The van der Waals surface area contributed by atoms with Gasteiger partial charge < -0.3 is 10.1 Å². The third kappa shape index (κ3) is 1.64. The minimum atomic E-state index is -0.981. The summed E-state index contributed by atoms with van der Waals surface area (Å²) >= 11 is 0. The van der Waals surface area contributed by atoms with E-state index in [1.165, 1.54) is 6.08 Å². The molecule has 1 heterocycles. The highest BCUT2D eigenvalue weighted by Gasteiger charge is 1.98. The molecule has 0 saturated carbocycles. The molecule has 0 atom stereocenters. The molecule has 2 rings (SSSR count). The van der Waals surface area contributed by atoms with Gasteiger partial charge in [-0.1, -0.05) is 12.1 Å². The summed E-state index contributed by atoms with van der Waals surface area (Å²) in [7, 11) is 0.